The first-order valence-electron chi connectivity index (χ1n) is 6.39. The van der Waals surface area contributed by atoms with Gasteiger partial charge in [0.15, 0.2) is 5.82 Å². The van der Waals surface area contributed by atoms with Crippen molar-refractivity contribution in [2.24, 2.45) is 11.7 Å². The maximum absolute atomic E-state index is 6.00. The molecule has 1 aliphatic carbocycles. The highest BCUT2D eigenvalue weighted by atomic mass is 16.5. The van der Waals surface area contributed by atoms with E-state index in [-0.39, 0.29) is 6.04 Å². The molecule has 0 saturated heterocycles. The minimum atomic E-state index is -0.00635. The zero-order valence-corrected chi connectivity index (χ0v) is 9.98. The number of hydrogen-bond donors (Lipinski definition) is 1. The fourth-order valence-electron chi connectivity index (χ4n) is 1.87. The van der Waals surface area contributed by atoms with Gasteiger partial charge >= 0.3 is 0 Å². The molecule has 0 amide bonds. The molecular formula is C12H21N3O. The van der Waals surface area contributed by atoms with Crippen molar-refractivity contribution in [3.8, 4) is 0 Å². The van der Waals surface area contributed by atoms with Crippen LogP contribution in [0.1, 0.15) is 63.2 Å². The molecule has 0 spiro atoms. The smallest absolute Gasteiger partial charge is 0.226 e. The van der Waals surface area contributed by atoms with E-state index >= 15 is 0 Å². The molecule has 1 atom stereocenters. The number of unbranched alkanes of at least 4 members (excludes halogenated alkanes) is 3. The second-order valence-corrected chi connectivity index (χ2v) is 4.72. The molecule has 0 aliphatic heterocycles. The van der Waals surface area contributed by atoms with E-state index in [2.05, 4.69) is 17.1 Å². The number of nitrogens with zero attached hydrogens (tertiary/aromatic N) is 2. The molecule has 1 aliphatic rings. The van der Waals surface area contributed by atoms with Gasteiger partial charge in [-0.25, -0.2) is 0 Å². The minimum absolute atomic E-state index is 0.00635. The topological polar surface area (TPSA) is 64.9 Å². The van der Waals surface area contributed by atoms with Crippen molar-refractivity contribution in [2.45, 2.75) is 57.9 Å². The van der Waals surface area contributed by atoms with Gasteiger partial charge in [0, 0.05) is 6.42 Å². The van der Waals surface area contributed by atoms with Crippen LogP contribution >= 0.6 is 0 Å². The Hall–Kier alpha value is -0.900. The van der Waals surface area contributed by atoms with E-state index in [4.69, 9.17) is 10.3 Å². The fraction of sp³-hybridized carbons (Fsp3) is 0.833. The van der Waals surface area contributed by atoms with Crippen LogP contribution < -0.4 is 5.73 Å². The van der Waals surface area contributed by atoms with E-state index in [0.29, 0.717) is 11.7 Å². The number of aryl methyl sites for hydroxylation is 1. The minimum Gasteiger partial charge on any atom is -0.339 e. The summed E-state index contributed by atoms with van der Waals surface area (Å²) in [4.78, 5) is 4.37. The molecule has 1 unspecified atom stereocenters. The second kappa shape index (κ2) is 5.43. The third kappa shape index (κ3) is 3.04. The lowest BCUT2D eigenvalue weighted by molar-refractivity contribution is 0.363. The van der Waals surface area contributed by atoms with Gasteiger partial charge in [0.2, 0.25) is 5.89 Å². The Bertz CT molecular complexity index is 320. The van der Waals surface area contributed by atoms with Crippen LogP contribution in [0, 0.1) is 5.92 Å². The van der Waals surface area contributed by atoms with Crippen LogP contribution in [0.3, 0.4) is 0 Å². The van der Waals surface area contributed by atoms with Crippen LogP contribution in [0.25, 0.3) is 0 Å². The van der Waals surface area contributed by atoms with Gasteiger partial charge in [-0.15, -0.1) is 0 Å². The summed E-state index contributed by atoms with van der Waals surface area (Å²) in [6, 6.07) is -0.00635. The first kappa shape index (κ1) is 11.6. The van der Waals surface area contributed by atoms with Crippen molar-refractivity contribution in [1.82, 2.24) is 10.1 Å². The molecule has 0 aromatic carbocycles. The van der Waals surface area contributed by atoms with E-state index in [1.165, 1.54) is 32.1 Å². The van der Waals surface area contributed by atoms with Gasteiger partial charge in [0.05, 0.1) is 6.04 Å². The molecular weight excluding hydrogens is 202 g/mol. The largest absolute Gasteiger partial charge is 0.339 e. The van der Waals surface area contributed by atoms with E-state index in [0.717, 1.165) is 18.7 Å². The third-order valence-corrected chi connectivity index (χ3v) is 3.16. The molecule has 1 aromatic rings. The summed E-state index contributed by atoms with van der Waals surface area (Å²) in [5.41, 5.74) is 6.00. The van der Waals surface area contributed by atoms with Crippen LogP contribution in [0.2, 0.25) is 0 Å². The fourth-order valence-corrected chi connectivity index (χ4v) is 1.87. The Morgan fingerprint density at radius 2 is 2.19 bits per heavy atom. The summed E-state index contributed by atoms with van der Waals surface area (Å²) in [5.74, 6) is 2.04. The lowest BCUT2D eigenvalue weighted by Crippen LogP contribution is -2.14. The molecule has 2 rings (SSSR count). The highest BCUT2D eigenvalue weighted by Gasteiger charge is 2.32. The molecule has 90 valence electrons. The standard InChI is InChI=1S/C12H21N3O/c1-2-3-4-5-6-10-14-12(15-16-10)11(13)9-7-8-9/h9,11H,2-8,13H2,1H3. The van der Waals surface area contributed by atoms with Gasteiger partial charge in [0.1, 0.15) is 0 Å². The van der Waals surface area contributed by atoms with Gasteiger partial charge < -0.3 is 10.3 Å². The maximum Gasteiger partial charge on any atom is 0.226 e. The Balaban J connectivity index is 1.77. The van der Waals surface area contributed by atoms with Gasteiger partial charge in [-0.1, -0.05) is 31.3 Å². The van der Waals surface area contributed by atoms with Crippen molar-refractivity contribution in [1.29, 1.82) is 0 Å². The quantitative estimate of drug-likeness (QED) is 0.721. The predicted molar refractivity (Wildman–Crippen MR) is 61.8 cm³/mol. The third-order valence-electron chi connectivity index (χ3n) is 3.16. The Morgan fingerprint density at radius 1 is 1.38 bits per heavy atom. The first-order valence-corrected chi connectivity index (χ1v) is 6.39. The van der Waals surface area contributed by atoms with Gasteiger partial charge in [-0.3, -0.25) is 0 Å². The monoisotopic (exact) mass is 223 g/mol. The molecule has 1 heterocycles. The molecule has 1 saturated carbocycles. The number of hydrogen-bond acceptors (Lipinski definition) is 4. The molecule has 16 heavy (non-hydrogen) atoms. The molecule has 0 radical (unpaired) electrons. The highest BCUT2D eigenvalue weighted by molar-refractivity contribution is 4.99. The molecule has 1 fully saturated rings. The SMILES string of the molecule is CCCCCCc1nc(C(N)C2CC2)no1. The zero-order valence-electron chi connectivity index (χ0n) is 9.98. The molecule has 4 nitrogen and oxygen atoms in total. The maximum atomic E-state index is 6.00. The van der Waals surface area contributed by atoms with Crippen molar-refractivity contribution in [3.05, 3.63) is 11.7 Å². The van der Waals surface area contributed by atoms with Crippen molar-refractivity contribution < 1.29 is 4.52 Å². The molecule has 4 heteroatoms. The van der Waals surface area contributed by atoms with E-state index in [1.54, 1.807) is 0 Å². The number of nitrogens with two attached hydrogens (primary N) is 1. The molecule has 1 aromatic heterocycles. The van der Waals surface area contributed by atoms with Crippen molar-refractivity contribution in [3.63, 3.8) is 0 Å². The van der Waals surface area contributed by atoms with Crippen LogP contribution in [-0.4, -0.2) is 10.1 Å². The van der Waals surface area contributed by atoms with Gasteiger partial charge in [0.25, 0.3) is 0 Å². The summed E-state index contributed by atoms with van der Waals surface area (Å²) >= 11 is 0. The second-order valence-electron chi connectivity index (χ2n) is 4.72. The molecule has 2 N–H and O–H groups in total. The van der Waals surface area contributed by atoms with Crippen LogP contribution in [0.4, 0.5) is 0 Å². The number of aromatic nitrogens is 2. The Labute approximate surface area is 96.6 Å². The van der Waals surface area contributed by atoms with Crippen LogP contribution in [-0.2, 0) is 6.42 Å². The summed E-state index contributed by atoms with van der Waals surface area (Å²) in [7, 11) is 0. The van der Waals surface area contributed by atoms with Crippen LogP contribution in [0.5, 0.6) is 0 Å². The normalized spacial score (nSPS) is 17.6. The predicted octanol–water partition coefficient (Wildman–Crippen LogP) is 2.60. The highest BCUT2D eigenvalue weighted by Crippen LogP contribution is 2.38. The van der Waals surface area contributed by atoms with Crippen LogP contribution in [0.15, 0.2) is 4.52 Å². The van der Waals surface area contributed by atoms with E-state index in [9.17, 15) is 0 Å². The zero-order chi connectivity index (χ0) is 11.4. The lowest BCUT2D eigenvalue weighted by atomic mass is 10.1. The first-order chi connectivity index (χ1) is 7.81. The average molecular weight is 223 g/mol. The molecule has 0 bridgehead atoms. The summed E-state index contributed by atoms with van der Waals surface area (Å²) < 4.78 is 5.20. The average Bonchev–Trinajstić information content (AvgIpc) is 3.03. The van der Waals surface area contributed by atoms with Crippen molar-refractivity contribution in [2.75, 3.05) is 0 Å². The summed E-state index contributed by atoms with van der Waals surface area (Å²) in [6.07, 6.45) is 8.22. The van der Waals surface area contributed by atoms with Gasteiger partial charge in [-0.2, -0.15) is 4.98 Å². The van der Waals surface area contributed by atoms with E-state index in [1.807, 2.05) is 0 Å². The lowest BCUT2D eigenvalue weighted by Gasteiger charge is -2.01. The Morgan fingerprint density at radius 3 is 2.88 bits per heavy atom. The Kier molecular flexibility index (Phi) is 3.93. The van der Waals surface area contributed by atoms with Crippen molar-refractivity contribution >= 4 is 0 Å². The number of rotatable bonds is 7. The summed E-state index contributed by atoms with van der Waals surface area (Å²) in [5, 5.41) is 3.97. The van der Waals surface area contributed by atoms with E-state index < -0.39 is 0 Å². The summed E-state index contributed by atoms with van der Waals surface area (Å²) in [6.45, 7) is 2.21. The van der Waals surface area contributed by atoms with Gasteiger partial charge in [-0.05, 0) is 25.2 Å².